The molecule has 0 aliphatic carbocycles. The summed E-state index contributed by atoms with van der Waals surface area (Å²) in [5.74, 6) is 0.952. The first-order valence-corrected chi connectivity index (χ1v) is 14.2. The van der Waals surface area contributed by atoms with Crippen LogP contribution in [0.5, 0.6) is 5.75 Å². The maximum absolute atomic E-state index is 10.5. The normalized spacial score (nSPS) is 19.5. The van der Waals surface area contributed by atoms with Gasteiger partial charge in [-0.15, -0.1) is 0 Å². The minimum Gasteiger partial charge on any atom is -0.494 e. The zero-order valence-corrected chi connectivity index (χ0v) is 22.4. The van der Waals surface area contributed by atoms with Crippen molar-refractivity contribution in [1.29, 1.82) is 0 Å². The van der Waals surface area contributed by atoms with E-state index in [2.05, 4.69) is 56.1 Å². The summed E-state index contributed by atoms with van der Waals surface area (Å²) >= 11 is 0. The molecule has 192 valence electrons. The average molecular weight is 509 g/mol. The molecule has 2 unspecified atom stereocenters. The monoisotopic (exact) mass is 508 g/mol. The molecule has 2 aliphatic rings. The van der Waals surface area contributed by atoms with Gasteiger partial charge in [0.25, 0.3) is 10.1 Å². The van der Waals surface area contributed by atoms with Gasteiger partial charge in [0.1, 0.15) is 5.75 Å². The molecule has 1 aromatic heterocycles. The molecule has 5 rings (SSSR count). The second kappa shape index (κ2) is 11.1. The molecular formula is C29H36N2O4S. The lowest BCUT2D eigenvalue weighted by molar-refractivity contribution is 0.264. The van der Waals surface area contributed by atoms with Gasteiger partial charge in [-0.1, -0.05) is 43.7 Å². The summed E-state index contributed by atoms with van der Waals surface area (Å²) in [5, 5.41) is 1.26. The smallest absolute Gasteiger partial charge is 0.294 e. The summed E-state index contributed by atoms with van der Waals surface area (Å²) in [4.78, 5) is 7.49. The third-order valence-electron chi connectivity index (χ3n) is 7.11. The Hall–Kier alpha value is -2.74. The molecular weight excluding hydrogens is 472 g/mol. The largest absolute Gasteiger partial charge is 0.494 e. The highest BCUT2D eigenvalue weighted by molar-refractivity contribution is 7.85. The maximum Gasteiger partial charge on any atom is 0.294 e. The van der Waals surface area contributed by atoms with Gasteiger partial charge in [0.05, 0.1) is 22.7 Å². The SMILES string of the molecule is CCCOc1cc(CC)c2ccc(C3=CC4CCC(C3)N4C)nc2c1.Cc1ccc(S(=O)(=O)O)cc1. The topological polar surface area (TPSA) is 79.7 Å². The number of fused-ring (bicyclic) bond motifs is 3. The third kappa shape index (κ3) is 5.97. The van der Waals surface area contributed by atoms with E-state index in [9.17, 15) is 8.42 Å². The molecule has 0 amide bonds. The molecule has 1 fully saturated rings. The van der Waals surface area contributed by atoms with Crippen molar-refractivity contribution in [2.45, 2.75) is 69.9 Å². The van der Waals surface area contributed by atoms with E-state index < -0.39 is 10.1 Å². The van der Waals surface area contributed by atoms with Crippen LogP contribution in [0.25, 0.3) is 16.5 Å². The van der Waals surface area contributed by atoms with Crippen LogP contribution < -0.4 is 4.74 Å². The number of aryl methyl sites for hydroxylation is 2. The van der Waals surface area contributed by atoms with Gasteiger partial charge in [-0.3, -0.25) is 9.45 Å². The van der Waals surface area contributed by atoms with Gasteiger partial charge in [-0.05, 0) is 81.5 Å². The molecule has 0 spiro atoms. The van der Waals surface area contributed by atoms with Crippen molar-refractivity contribution in [3.63, 3.8) is 0 Å². The van der Waals surface area contributed by atoms with Gasteiger partial charge in [0, 0.05) is 23.5 Å². The van der Waals surface area contributed by atoms with Crippen LogP contribution in [0.4, 0.5) is 0 Å². The number of hydrogen-bond donors (Lipinski definition) is 1. The molecule has 2 aliphatic heterocycles. The molecule has 2 bridgehead atoms. The molecule has 7 heteroatoms. The third-order valence-corrected chi connectivity index (χ3v) is 7.98. The lowest BCUT2D eigenvalue weighted by Gasteiger charge is -2.30. The van der Waals surface area contributed by atoms with Crippen LogP contribution in [-0.2, 0) is 16.5 Å². The van der Waals surface area contributed by atoms with E-state index in [0.29, 0.717) is 12.1 Å². The van der Waals surface area contributed by atoms with Gasteiger partial charge in [-0.25, -0.2) is 4.98 Å². The van der Waals surface area contributed by atoms with Crippen LogP contribution in [-0.4, -0.2) is 48.6 Å². The van der Waals surface area contributed by atoms with Crippen molar-refractivity contribution in [1.82, 2.24) is 9.88 Å². The number of aromatic nitrogens is 1. The molecule has 0 saturated carbocycles. The number of benzene rings is 2. The summed E-state index contributed by atoms with van der Waals surface area (Å²) in [6.07, 6.45) is 8.18. The van der Waals surface area contributed by atoms with Crippen LogP contribution in [0.1, 0.15) is 56.4 Å². The highest BCUT2D eigenvalue weighted by Gasteiger charge is 2.34. The minimum absolute atomic E-state index is 0.0666. The predicted molar refractivity (Wildman–Crippen MR) is 145 cm³/mol. The van der Waals surface area contributed by atoms with Gasteiger partial charge in [0.2, 0.25) is 0 Å². The lowest BCUT2D eigenvalue weighted by Crippen LogP contribution is -2.34. The van der Waals surface area contributed by atoms with E-state index >= 15 is 0 Å². The van der Waals surface area contributed by atoms with Crippen molar-refractivity contribution < 1.29 is 17.7 Å². The van der Waals surface area contributed by atoms with E-state index in [1.54, 1.807) is 12.1 Å². The van der Waals surface area contributed by atoms with E-state index in [-0.39, 0.29) is 4.90 Å². The zero-order valence-electron chi connectivity index (χ0n) is 21.6. The summed E-state index contributed by atoms with van der Waals surface area (Å²) in [6, 6.07) is 16.0. The summed E-state index contributed by atoms with van der Waals surface area (Å²) < 4.78 is 35.4. The van der Waals surface area contributed by atoms with Gasteiger partial charge in [-0.2, -0.15) is 8.42 Å². The average Bonchev–Trinajstić information content (AvgIpc) is 3.06. The van der Waals surface area contributed by atoms with Crippen LogP contribution >= 0.6 is 0 Å². The van der Waals surface area contributed by atoms with Gasteiger partial charge >= 0.3 is 0 Å². The quantitative estimate of drug-likeness (QED) is 0.407. The molecule has 0 radical (unpaired) electrons. The Labute approximate surface area is 214 Å². The number of rotatable bonds is 6. The van der Waals surface area contributed by atoms with E-state index in [1.165, 1.54) is 41.5 Å². The van der Waals surface area contributed by atoms with Crippen LogP contribution in [0.2, 0.25) is 0 Å². The molecule has 2 aromatic carbocycles. The zero-order chi connectivity index (χ0) is 25.9. The summed E-state index contributed by atoms with van der Waals surface area (Å²) in [7, 11) is -1.76. The molecule has 2 atom stereocenters. The molecule has 6 nitrogen and oxygen atoms in total. The van der Waals surface area contributed by atoms with Crippen molar-refractivity contribution >= 4 is 26.6 Å². The predicted octanol–water partition coefficient (Wildman–Crippen LogP) is 6.08. The number of ether oxygens (including phenoxy) is 1. The van der Waals surface area contributed by atoms with Crippen LogP contribution in [0.3, 0.4) is 0 Å². The van der Waals surface area contributed by atoms with Crippen molar-refractivity contribution in [3.05, 3.63) is 71.4 Å². The van der Waals surface area contributed by atoms with Gasteiger partial charge in [0.15, 0.2) is 0 Å². The summed E-state index contributed by atoms with van der Waals surface area (Å²) in [6.45, 7) is 6.94. The molecule has 36 heavy (non-hydrogen) atoms. The van der Waals surface area contributed by atoms with E-state index in [4.69, 9.17) is 14.3 Å². The lowest BCUT2D eigenvalue weighted by atomic mass is 9.97. The number of likely N-dealkylation sites (N-methyl/N-ethyl adjacent to an activating group) is 1. The standard InChI is InChI=1S/C22H28N2O.C7H8O3S/c1-4-10-25-19-13-15(5-2)20-8-9-21(23-22(20)14-19)16-11-17-6-7-18(12-16)24(17)3;1-6-2-4-7(5-3-6)11(8,9)10/h8-9,11,13-14,17-18H,4-7,10,12H2,1-3H3;2-5H,1H3,(H,8,9,10). The van der Waals surface area contributed by atoms with E-state index in [0.717, 1.165) is 48.4 Å². The Kier molecular flexibility index (Phi) is 8.13. The van der Waals surface area contributed by atoms with Crippen molar-refractivity contribution in [2.24, 2.45) is 0 Å². The van der Waals surface area contributed by atoms with Crippen molar-refractivity contribution in [3.8, 4) is 5.75 Å². The fourth-order valence-corrected chi connectivity index (χ4v) is 5.48. The summed E-state index contributed by atoms with van der Waals surface area (Å²) in [5.41, 5.74) is 5.91. The van der Waals surface area contributed by atoms with Crippen molar-refractivity contribution in [2.75, 3.05) is 13.7 Å². The van der Waals surface area contributed by atoms with Crippen LogP contribution in [0, 0.1) is 6.92 Å². The molecule has 3 aromatic rings. The fourth-order valence-electron chi connectivity index (χ4n) is 5.00. The fraction of sp³-hybridized carbons (Fsp3) is 0.414. The Balaban J connectivity index is 0.000000233. The molecule has 1 saturated heterocycles. The van der Waals surface area contributed by atoms with E-state index in [1.807, 2.05) is 6.92 Å². The van der Waals surface area contributed by atoms with Crippen LogP contribution in [0.15, 0.2) is 59.5 Å². The first kappa shape index (κ1) is 26.3. The number of hydrogen-bond acceptors (Lipinski definition) is 5. The highest BCUT2D eigenvalue weighted by atomic mass is 32.2. The molecule has 1 N–H and O–H groups in total. The second-order valence-corrected chi connectivity index (χ2v) is 11.1. The Morgan fingerprint density at radius 1 is 1.08 bits per heavy atom. The second-order valence-electron chi connectivity index (χ2n) is 9.70. The Morgan fingerprint density at radius 3 is 2.47 bits per heavy atom. The minimum atomic E-state index is -4.02. The Bertz CT molecular complexity index is 1350. The first-order valence-electron chi connectivity index (χ1n) is 12.7. The first-order chi connectivity index (χ1) is 17.2. The van der Waals surface area contributed by atoms with Gasteiger partial charge < -0.3 is 4.74 Å². The number of pyridine rings is 1. The highest BCUT2D eigenvalue weighted by Crippen LogP contribution is 2.37. The molecule has 3 heterocycles. The number of nitrogens with zero attached hydrogens (tertiary/aromatic N) is 2. The Morgan fingerprint density at radius 2 is 1.83 bits per heavy atom. The maximum atomic E-state index is 10.5.